The van der Waals surface area contributed by atoms with Gasteiger partial charge in [0.2, 0.25) is 0 Å². The first-order chi connectivity index (χ1) is 8.74. The second-order valence-electron chi connectivity index (χ2n) is 3.85. The normalized spacial score (nSPS) is 11.4. The Hall–Kier alpha value is -1.90. The van der Waals surface area contributed by atoms with E-state index in [2.05, 4.69) is 4.98 Å². The van der Waals surface area contributed by atoms with Crippen LogP contribution in [0.3, 0.4) is 0 Å². The van der Waals surface area contributed by atoms with Crippen LogP contribution in [-0.2, 0) is 0 Å². The fourth-order valence-corrected chi connectivity index (χ4v) is 1.51. The predicted molar refractivity (Wildman–Crippen MR) is 61.0 cm³/mol. The zero-order chi connectivity index (χ0) is 14.6. The maximum atomic E-state index is 12.4. The van der Waals surface area contributed by atoms with Crippen molar-refractivity contribution < 1.29 is 23.2 Å². The number of anilines is 1. The molecule has 1 heterocycles. The molecule has 0 radical (unpaired) electrons. The van der Waals surface area contributed by atoms with Crippen LogP contribution in [0.4, 0.5) is 24.7 Å². The van der Waals surface area contributed by atoms with Gasteiger partial charge in [0.1, 0.15) is 18.6 Å². The van der Waals surface area contributed by atoms with Crippen LogP contribution in [-0.4, -0.2) is 40.9 Å². The number of hydrogen-bond donors (Lipinski definition) is 1. The van der Waals surface area contributed by atoms with Crippen molar-refractivity contribution in [2.45, 2.75) is 13.1 Å². The van der Waals surface area contributed by atoms with E-state index < -0.39 is 24.3 Å². The van der Waals surface area contributed by atoms with E-state index in [9.17, 15) is 23.3 Å². The summed E-state index contributed by atoms with van der Waals surface area (Å²) in [5.74, 6) is -0.0607. The Balaban J connectivity index is 3.03. The van der Waals surface area contributed by atoms with Crippen LogP contribution >= 0.6 is 0 Å². The highest BCUT2D eigenvalue weighted by atomic mass is 19.4. The average molecular weight is 279 g/mol. The minimum atomic E-state index is -4.45. The van der Waals surface area contributed by atoms with Crippen molar-refractivity contribution in [1.29, 1.82) is 0 Å². The molecule has 0 aliphatic heterocycles. The lowest BCUT2D eigenvalue weighted by Gasteiger charge is -2.24. The first-order valence-electron chi connectivity index (χ1n) is 5.28. The van der Waals surface area contributed by atoms with Crippen LogP contribution in [0.5, 0.6) is 0 Å². The second-order valence-corrected chi connectivity index (χ2v) is 3.85. The number of alkyl halides is 3. The van der Waals surface area contributed by atoms with Crippen molar-refractivity contribution in [2.24, 2.45) is 0 Å². The minimum absolute atomic E-state index is 0.0607. The molecular formula is C10H12F3N3O3. The molecule has 0 saturated heterocycles. The van der Waals surface area contributed by atoms with Crippen LogP contribution in [0.15, 0.2) is 12.3 Å². The SMILES string of the molecule is Cc1cc(N(CCO)CC(F)(F)F)ncc1[N+](=O)[O-]. The molecule has 106 valence electrons. The lowest BCUT2D eigenvalue weighted by atomic mass is 10.2. The monoisotopic (exact) mass is 279 g/mol. The molecule has 0 aromatic carbocycles. The molecule has 0 aliphatic rings. The summed E-state index contributed by atoms with van der Waals surface area (Å²) in [5, 5.41) is 19.4. The van der Waals surface area contributed by atoms with Gasteiger partial charge in [-0.3, -0.25) is 10.1 Å². The number of aliphatic hydroxyl groups is 1. The number of aryl methyl sites for hydroxylation is 1. The van der Waals surface area contributed by atoms with Crippen LogP contribution in [0, 0.1) is 17.0 Å². The summed E-state index contributed by atoms with van der Waals surface area (Å²) in [6.07, 6.45) is -3.54. The number of halogens is 3. The molecule has 1 aromatic rings. The fraction of sp³-hybridized carbons (Fsp3) is 0.500. The fourth-order valence-electron chi connectivity index (χ4n) is 1.51. The summed E-state index contributed by atoms with van der Waals surface area (Å²) in [4.78, 5) is 14.4. The van der Waals surface area contributed by atoms with Gasteiger partial charge in [0.05, 0.1) is 11.5 Å². The van der Waals surface area contributed by atoms with Gasteiger partial charge in [0.15, 0.2) is 0 Å². The van der Waals surface area contributed by atoms with Gasteiger partial charge in [-0.2, -0.15) is 13.2 Å². The largest absolute Gasteiger partial charge is 0.405 e. The summed E-state index contributed by atoms with van der Waals surface area (Å²) < 4.78 is 37.1. The molecule has 1 aromatic heterocycles. The van der Waals surface area contributed by atoms with Gasteiger partial charge < -0.3 is 10.0 Å². The van der Waals surface area contributed by atoms with E-state index >= 15 is 0 Å². The Morgan fingerprint density at radius 1 is 1.53 bits per heavy atom. The molecule has 0 fully saturated rings. The van der Waals surface area contributed by atoms with E-state index in [1.54, 1.807) is 0 Å². The van der Waals surface area contributed by atoms with E-state index in [4.69, 9.17) is 5.11 Å². The van der Waals surface area contributed by atoms with Crippen LogP contribution in [0.25, 0.3) is 0 Å². The van der Waals surface area contributed by atoms with Crippen LogP contribution in [0.2, 0.25) is 0 Å². The number of nitro groups is 1. The maximum Gasteiger partial charge on any atom is 0.405 e. The van der Waals surface area contributed by atoms with Crippen LogP contribution < -0.4 is 4.90 Å². The Kier molecular flexibility index (Phi) is 4.65. The molecule has 9 heteroatoms. The lowest BCUT2D eigenvalue weighted by Crippen LogP contribution is -2.36. The number of hydrogen-bond acceptors (Lipinski definition) is 5. The van der Waals surface area contributed by atoms with Gasteiger partial charge in [0, 0.05) is 12.1 Å². The first-order valence-corrected chi connectivity index (χ1v) is 5.28. The van der Waals surface area contributed by atoms with Gasteiger partial charge in [-0.15, -0.1) is 0 Å². The summed E-state index contributed by atoms with van der Waals surface area (Å²) in [6, 6.07) is 1.19. The standard InChI is InChI=1S/C10H12F3N3O3/c1-7-4-9(14-5-8(7)16(18)19)15(2-3-17)6-10(11,12)13/h4-5,17H,2-3,6H2,1H3. The molecule has 0 atom stereocenters. The zero-order valence-corrected chi connectivity index (χ0v) is 10.0. The van der Waals surface area contributed by atoms with Gasteiger partial charge in [-0.1, -0.05) is 0 Å². The summed E-state index contributed by atoms with van der Waals surface area (Å²) >= 11 is 0. The van der Waals surface area contributed by atoms with Gasteiger partial charge in [0.25, 0.3) is 5.69 Å². The highest BCUT2D eigenvalue weighted by molar-refractivity contribution is 5.48. The number of nitrogens with zero attached hydrogens (tertiary/aromatic N) is 3. The zero-order valence-electron chi connectivity index (χ0n) is 10.0. The van der Waals surface area contributed by atoms with Crippen molar-refractivity contribution >= 4 is 11.5 Å². The Labute approximate surface area is 106 Å². The van der Waals surface area contributed by atoms with Crippen molar-refractivity contribution in [1.82, 2.24) is 4.98 Å². The molecule has 0 unspecified atom stereocenters. The summed E-state index contributed by atoms with van der Waals surface area (Å²) in [6.45, 7) is -0.608. The molecule has 1 rings (SSSR count). The van der Waals surface area contributed by atoms with Crippen molar-refractivity contribution in [2.75, 3.05) is 24.6 Å². The molecular weight excluding hydrogens is 267 g/mol. The van der Waals surface area contributed by atoms with Gasteiger partial charge in [-0.25, -0.2) is 4.98 Å². The van der Waals surface area contributed by atoms with Crippen molar-refractivity contribution in [3.63, 3.8) is 0 Å². The number of rotatable bonds is 5. The summed E-state index contributed by atoms with van der Waals surface area (Å²) in [5.41, 5.74) is -0.0557. The number of pyridine rings is 1. The van der Waals surface area contributed by atoms with E-state index in [-0.39, 0.29) is 23.6 Å². The molecule has 1 N–H and O–H groups in total. The molecule has 0 aliphatic carbocycles. The van der Waals surface area contributed by atoms with E-state index in [1.807, 2.05) is 0 Å². The van der Waals surface area contributed by atoms with E-state index in [0.717, 1.165) is 11.1 Å². The van der Waals surface area contributed by atoms with Gasteiger partial charge in [-0.05, 0) is 13.0 Å². The Bertz CT molecular complexity index is 465. The second kappa shape index (κ2) is 5.83. The molecule has 19 heavy (non-hydrogen) atoms. The highest BCUT2D eigenvalue weighted by Crippen LogP contribution is 2.24. The highest BCUT2D eigenvalue weighted by Gasteiger charge is 2.31. The lowest BCUT2D eigenvalue weighted by molar-refractivity contribution is -0.385. The molecule has 0 amide bonds. The summed E-state index contributed by atoms with van der Waals surface area (Å²) in [7, 11) is 0. The topological polar surface area (TPSA) is 79.5 Å². The maximum absolute atomic E-state index is 12.4. The van der Waals surface area contributed by atoms with E-state index in [0.29, 0.717) is 0 Å². The minimum Gasteiger partial charge on any atom is -0.395 e. The van der Waals surface area contributed by atoms with Crippen molar-refractivity contribution in [3.8, 4) is 0 Å². The molecule has 0 bridgehead atoms. The first kappa shape index (κ1) is 15.2. The van der Waals surface area contributed by atoms with Crippen LogP contribution in [0.1, 0.15) is 5.56 Å². The quantitative estimate of drug-likeness (QED) is 0.655. The third-order valence-electron chi connectivity index (χ3n) is 2.33. The average Bonchev–Trinajstić information content (AvgIpc) is 2.26. The Morgan fingerprint density at radius 2 is 2.16 bits per heavy atom. The molecule has 0 spiro atoms. The predicted octanol–water partition coefficient (Wildman–Crippen LogP) is 1.66. The Morgan fingerprint density at radius 3 is 2.58 bits per heavy atom. The number of aliphatic hydroxyl groups excluding tert-OH is 1. The van der Waals surface area contributed by atoms with E-state index in [1.165, 1.54) is 13.0 Å². The smallest absolute Gasteiger partial charge is 0.395 e. The van der Waals surface area contributed by atoms with Gasteiger partial charge >= 0.3 is 6.18 Å². The molecule has 0 saturated carbocycles. The van der Waals surface area contributed by atoms with Crippen molar-refractivity contribution in [3.05, 3.63) is 27.9 Å². The third kappa shape index (κ3) is 4.36. The third-order valence-corrected chi connectivity index (χ3v) is 2.33. The number of aromatic nitrogens is 1. The molecule has 6 nitrogen and oxygen atoms in total.